The van der Waals surface area contributed by atoms with Crippen molar-refractivity contribution < 1.29 is 0 Å². The van der Waals surface area contributed by atoms with E-state index in [4.69, 9.17) is 13.5 Å². The first kappa shape index (κ1) is 14.0. The highest BCUT2D eigenvalue weighted by Gasteiger charge is 2.63. The normalized spacial score (nSPS) is 40.8. The summed E-state index contributed by atoms with van der Waals surface area (Å²) in [6.45, 7) is 13.7. The zero-order chi connectivity index (χ0) is 12.8. The first-order valence-electron chi connectivity index (χ1n) is 6.49. The van der Waals surface area contributed by atoms with Crippen LogP contribution in [0, 0.1) is 5.92 Å². The van der Waals surface area contributed by atoms with Crippen molar-refractivity contribution in [3.63, 3.8) is 0 Å². The molecule has 0 amide bonds. The molecule has 17 heavy (non-hydrogen) atoms. The fraction of sp³-hybridized carbons (Fsp3) is 1.00. The van der Waals surface area contributed by atoms with Gasteiger partial charge in [-0.3, -0.25) is 0 Å². The summed E-state index contributed by atoms with van der Waals surface area (Å²) in [6.07, 6.45) is 2.60. The van der Waals surface area contributed by atoms with E-state index < -0.39 is 22.3 Å². The lowest BCUT2D eigenvalue weighted by atomic mass is 10.1. The molecule has 0 N–H and O–H groups in total. The first-order chi connectivity index (χ1) is 7.82. The Kier molecular flexibility index (Phi) is 3.77. The molecule has 4 unspecified atom stereocenters. The van der Waals surface area contributed by atoms with Gasteiger partial charge in [-0.15, -0.1) is 0 Å². The quantitative estimate of drug-likeness (QED) is 0.580. The van der Waals surface area contributed by atoms with E-state index in [-0.39, 0.29) is 0 Å². The Bertz CT molecular complexity index is 459. The highest BCUT2D eigenvalue weighted by Crippen LogP contribution is 2.87. The van der Waals surface area contributed by atoms with Crippen LogP contribution in [0.2, 0.25) is 0 Å². The number of hydrogen-bond donors (Lipinski definition) is 0. The van der Waals surface area contributed by atoms with E-state index in [0.29, 0.717) is 0 Å². The van der Waals surface area contributed by atoms with Crippen LogP contribution in [0.3, 0.4) is 0 Å². The molecule has 0 radical (unpaired) electrons. The summed E-state index contributed by atoms with van der Waals surface area (Å²) in [5, 5.41) is 0. The van der Waals surface area contributed by atoms with E-state index in [1.54, 1.807) is 0 Å². The van der Waals surface area contributed by atoms with Gasteiger partial charge in [0, 0.05) is 11.3 Å². The summed E-state index contributed by atoms with van der Waals surface area (Å²) >= 11 is 0. The van der Waals surface area contributed by atoms with Crippen molar-refractivity contribution in [2.45, 2.75) is 44.9 Å². The molecule has 1 fully saturated rings. The molecule has 0 aromatic heterocycles. The van der Waals surface area contributed by atoms with Crippen LogP contribution in [0.15, 0.2) is 13.5 Å². The molecule has 6 heteroatoms. The summed E-state index contributed by atoms with van der Waals surface area (Å²) in [5.74, 6) is 0.744. The fourth-order valence-electron chi connectivity index (χ4n) is 3.12. The Balaban J connectivity index is 2.45. The fourth-order valence-corrected chi connectivity index (χ4v) is 16.7. The van der Waals surface area contributed by atoms with E-state index in [1.165, 1.54) is 12.8 Å². The van der Waals surface area contributed by atoms with Crippen molar-refractivity contribution in [2.75, 3.05) is 20.0 Å². The summed E-state index contributed by atoms with van der Waals surface area (Å²) in [4.78, 5) is 0. The van der Waals surface area contributed by atoms with Crippen molar-refractivity contribution >= 4 is 22.3 Å². The molecular formula is C11H25N3P3+. The smallest absolute Gasteiger partial charge is 0.232 e. The molecule has 4 atom stereocenters. The second-order valence-electron chi connectivity index (χ2n) is 5.89. The zero-order valence-electron chi connectivity index (χ0n) is 11.8. The van der Waals surface area contributed by atoms with Gasteiger partial charge in [0.05, 0.1) is 0 Å². The lowest BCUT2D eigenvalue weighted by molar-refractivity contribution is 0.614. The largest absolute Gasteiger partial charge is 0.348 e. The molecule has 98 valence electrons. The third kappa shape index (κ3) is 2.49. The van der Waals surface area contributed by atoms with Crippen LogP contribution < -0.4 is 0 Å². The topological polar surface area (TPSA) is 37.1 Å². The van der Waals surface area contributed by atoms with Gasteiger partial charge in [-0.25, -0.2) is 4.52 Å². The van der Waals surface area contributed by atoms with E-state index >= 15 is 0 Å². The molecule has 2 heterocycles. The highest BCUT2D eigenvalue weighted by atomic mass is 31.2. The molecule has 3 nitrogen and oxygen atoms in total. The van der Waals surface area contributed by atoms with E-state index in [2.05, 4.69) is 40.8 Å². The van der Waals surface area contributed by atoms with Gasteiger partial charge in [-0.05, 0) is 34.7 Å². The van der Waals surface area contributed by atoms with Gasteiger partial charge in [0.2, 0.25) is 0 Å². The van der Waals surface area contributed by atoms with Crippen molar-refractivity contribution in [1.82, 2.24) is 0 Å². The van der Waals surface area contributed by atoms with Crippen LogP contribution in [0.1, 0.15) is 33.6 Å². The van der Waals surface area contributed by atoms with Crippen molar-refractivity contribution in [1.29, 1.82) is 0 Å². The molecule has 0 aromatic carbocycles. The molecule has 2 rings (SSSR count). The van der Waals surface area contributed by atoms with Crippen molar-refractivity contribution in [2.24, 2.45) is 19.5 Å². The number of nitrogens with zero attached hydrogens (tertiary/aromatic N) is 3. The predicted octanol–water partition coefficient (Wildman–Crippen LogP) is 5.91. The lowest BCUT2D eigenvalue weighted by Crippen LogP contribution is -2.01. The average molecular weight is 292 g/mol. The Hall–Kier alpha value is 0.560. The van der Waals surface area contributed by atoms with Crippen molar-refractivity contribution in [3.05, 3.63) is 0 Å². The Morgan fingerprint density at radius 2 is 1.94 bits per heavy atom. The SMILES string of the molecule is CCCC1C(C(C)C)P12=N[P+](C)=NP(C)(C)=N2. The molecular weight excluding hydrogens is 267 g/mol. The van der Waals surface area contributed by atoms with Crippen LogP contribution >= 0.6 is 22.3 Å². The Morgan fingerprint density at radius 3 is 2.41 bits per heavy atom. The second-order valence-corrected chi connectivity index (χ2v) is 14.3. The molecule has 0 aliphatic carbocycles. The Labute approximate surface area is 107 Å². The summed E-state index contributed by atoms with van der Waals surface area (Å²) in [5.41, 5.74) is 1.61. The van der Waals surface area contributed by atoms with Crippen LogP contribution in [0.25, 0.3) is 0 Å². The monoisotopic (exact) mass is 292 g/mol. The maximum absolute atomic E-state index is 5.22. The predicted molar refractivity (Wildman–Crippen MR) is 83.1 cm³/mol. The molecule has 2 aliphatic heterocycles. The van der Waals surface area contributed by atoms with Crippen LogP contribution in [0.5, 0.6) is 0 Å². The first-order valence-corrected chi connectivity index (χ1v) is 12.6. The van der Waals surface area contributed by atoms with Gasteiger partial charge in [0.15, 0.2) is 0 Å². The molecule has 1 spiro atoms. The standard InChI is InChI=1S/C11H25N3P3/c1-7-8-10-11(9(2)3)17(10)13-15(4)12-16(5,6)14-17/h9-11H,7-8H2,1-6H3/q+1. The summed E-state index contributed by atoms with van der Waals surface area (Å²) in [7, 11) is -3.12. The van der Waals surface area contributed by atoms with Gasteiger partial charge in [0.1, 0.15) is 21.1 Å². The van der Waals surface area contributed by atoms with Gasteiger partial charge in [-0.2, -0.15) is 0 Å². The van der Waals surface area contributed by atoms with Gasteiger partial charge < -0.3 is 0 Å². The van der Waals surface area contributed by atoms with Gasteiger partial charge >= 0.3 is 7.86 Å². The maximum atomic E-state index is 5.22. The third-order valence-electron chi connectivity index (χ3n) is 3.48. The lowest BCUT2D eigenvalue weighted by Gasteiger charge is -2.11. The number of hydrogen-bond acceptors (Lipinski definition) is 3. The molecule has 0 bridgehead atoms. The molecule has 2 aliphatic rings. The summed E-state index contributed by atoms with van der Waals surface area (Å²) < 4.78 is 15.1. The van der Waals surface area contributed by atoms with Crippen LogP contribution in [-0.2, 0) is 0 Å². The molecule has 1 saturated heterocycles. The second kappa shape index (κ2) is 4.59. The van der Waals surface area contributed by atoms with Crippen LogP contribution in [0.4, 0.5) is 0 Å². The maximum Gasteiger partial charge on any atom is 0.348 e. The molecule has 0 saturated carbocycles. The third-order valence-corrected chi connectivity index (χ3v) is 14.4. The van der Waals surface area contributed by atoms with E-state index in [0.717, 1.165) is 17.2 Å². The Morgan fingerprint density at radius 1 is 1.29 bits per heavy atom. The molecule has 0 aromatic rings. The minimum Gasteiger partial charge on any atom is -0.232 e. The minimum atomic E-state index is -1.36. The zero-order valence-corrected chi connectivity index (χ0v) is 14.5. The van der Waals surface area contributed by atoms with Crippen molar-refractivity contribution in [3.8, 4) is 0 Å². The van der Waals surface area contributed by atoms with Gasteiger partial charge in [0.25, 0.3) is 0 Å². The summed E-state index contributed by atoms with van der Waals surface area (Å²) in [6, 6.07) is 0. The highest BCUT2D eigenvalue weighted by molar-refractivity contribution is 7.86. The van der Waals surface area contributed by atoms with E-state index in [1.807, 2.05) is 0 Å². The minimum absolute atomic E-state index is 0.439. The van der Waals surface area contributed by atoms with Gasteiger partial charge in [-0.1, -0.05) is 27.2 Å². The number of rotatable bonds is 3. The average Bonchev–Trinajstić information content (AvgIpc) is 2.68. The van der Waals surface area contributed by atoms with Crippen LogP contribution in [-0.4, -0.2) is 31.3 Å². The van der Waals surface area contributed by atoms with E-state index in [9.17, 15) is 0 Å².